The maximum absolute atomic E-state index is 10.9. The molecule has 0 heterocycles. The molecular weight excluding hydrogens is 212 g/mol. The SMILES string of the molecule is CCOC(=O)/C=C/C=C/[C@H](O)COCOC. The quantitative estimate of drug-likeness (QED) is 0.218. The van der Waals surface area contributed by atoms with Gasteiger partial charge in [0.05, 0.1) is 19.3 Å². The van der Waals surface area contributed by atoms with Crippen molar-refractivity contribution >= 4 is 5.97 Å². The molecule has 0 aliphatic rings. The lowest BCUT2D eigenvalue weighted by Gasteiger charge is -2.05. The lowest BCUT2D eigenvalue weighted by atomic mass is 10.3. The number of carbonyl (C=O) groups is 1. The van der Waals surface area contributed by atoms with E-state index in [-0.39, 0.29) is 13.4 Å². The maximum Gasteiger partial charge on any atom is 0.330 e. The Kier molecular flexibility index (Phi) is 9.59. The van der Waals surface area contributed by atoms with E-state index in [1.807, 2.05) is 0 Å². The van der Waals surface area contributed by atoms with Crippen molar-refractivity contribution in [2.45, 2.75) is 13.0 Å². The number of aliphatic hydroxyl groups is 1. The average molecular weight is 230 g/mol. The van der Waals surface area contributed by atoms with Gasteiger partial charge in [0.2, 0.25) is 0 Å². The second-order valence-corrected chi connectivity index (χ2v) is 2.84. The highest BCUT2D eigenvalue weighted by Crippen LogP contribution is 1.90. The summed E-state index contributed by atoms with van der Waals surface area (Å²) in [6.45, 7) is 2.37. The van der Waals surface area contributed by atoms with Crippen molar-refractivity contribution in [3.8, 4) is 0 Å². The molecule has 0 aromatic heterocycles. The van der Waals surface area contributed by atoms with E-state index in [1.54, 1.807) is 13.0 Å². The Morgan fingerprint density at radius 2 is 2.19 bits per heavy atom. The third-order valence-electron chi connectivity index (χ3n) is 1.45. The smallest absolute Gasteiger partial charge is 0.330 e. The van der Waals surface area contributed by atoms with Crippen LogP contribution in [0.5, 0.6) is 0 Å². The standard InChI is InChI=1S/C11H18O5/c1-3-16-11(13)7-5-4-6-10(12)8-15-9-14-2/h4-7,10,12H,3,8-9H2,1-2H3/b6-4+,7-5+/t10-/m0/s1. The summed E-state index contributed by atoms with van der Waals surface area (Å²) in [6.07, 6.45) is 5.12. The minimum absolute atomic E-state index is 0.142. The van der Waals surface area contributed by atoms with Gasteiger partial charge in [-0.25, -0.2) is 4.79 Å². The van der Waals surface area contributed by atoms with Gasteiger partial charge in [0, 0.05) is 13.2 Å². The zero-order valence-electron chi connectivity index (χ0n) is 9.59. The Hall–Kier alpha value is -1.17. The third kappa shape index (κ3) is 9.39. The highest BCUT2D eigenvalue weighted by atomic mass is 16.7. The van der Waals surface area contributed by atoms with Crippen LogP contribution in [-0.2, 0) is 19.0 Å². The van der Waals surface area contributed by atoms with Crippen LogP contribution >= 0.6 is 0 Å². The number of carbonyl (C=O) groups excluding carboxylic acids is 1. The first kappa shape index (κ1) is 14.8. The van der Waals surface area contributed by atoms with E-state index in [4.69, 9.17) is 4.74 Å². The summed E-state index contributed by atoms with van der Waals surface area (Å²) in [5, 5.41) is 9.33. The fourth-order valence-electron chi connectivity index (χ4n) is 0.825. The summed E-state index contributed by atoms with van der Waals surface area (Å²) in [7, 11) is 1.50. The topological polar surface area (TPSA) is 65.0 Å². The molecule has 0 saturated heterocycles. The first-order valence-electron chi connectivity index (χ1n) is 4.97. The lowest BCUT2D eigenvalue weighted by molar-refractivity contribution is -0.137. The molecule has 0 rings (SSSR count). The highest BCUT2D eigenvalue weighted by Gasteiger charge is 1.97. The van der Waals surface area contributed by atoms with Gasteiger partial charge in [0.15, 0.2) is 0 Å². The van der Waals surface area contributed by atoms with Gasteiger partial charge in [-0.05, 0) is 6.92 Å². The Balaban J connectivity index is 3.69. The molecule has 0 aromatic rings. The lowest BCUT2D eigenvalue weighted by Crippen LogP contribution is -2.13. The fraction of sp³-hybridized carbons (Fsp3) is 0.545. The molecule has 0 aromatic carbocycles. The van der Waals surface area contributed by atoms with Crippen molar-refractivity contribution in [3.05, 3.63) is 24.3 Å². The Bertz CT molecular complexity index is 235. The van der Waals surface area contributed by atoms with Crippen LogP contribution in [0.4, 0.5) is 0 Å². The maximum atomic E-state index is 10.9. The van der Waals surface area contributed by atoms with E-state index in [0.717, 1.165) is 0 Å². The molecule has 0 spiro atoms. The van der Waals surface area contributed by atoms with Crippen LogP contribution in [0.25, 0.3) is 0 Å². The molecule has 5 nitrogen and oxygen atoms in total. The third-order valence-corrected chi connectivity index (χ3v) is 1.45. The van der Waals surface area contributed by atoms with Crippen molar-refractivity contribution in [2.24, 2.45) is 0 Å². The number of ether oxygens (including phenoxy) is 3. The predicted octanol–water partition coefficient (Wildman–Crippen LogP) is 0.643. The summed E-state index contributed by atoms with van der Waals surface area (Å²) >= 11 is 0. The number of allylic oxidation sites excluding steroid dienone is 2. The van der Waals surface area contributed by atoms with Gasteiger partial charge < -0.3 is 19.3 Å². The minimum atomic E-state index is -0.720. The Morgan fingerprint density at radius 3 is 2.81 bits per heavy atom. The van der Waals surface area contributed by atoms with Gasteiger partial charge in [0.1, 0.15) is 6.79 Å². The summed E-state index contributed by atoms with van der Waals surface area (Å²) in [4.78, 5) is 10.9. The van der Waals surface area contributed by atoms with E-state index in [9.17, 15) is 9.90 Å². The van der Waals surface area contributed by atoms with Crippen LogP contribution in [0.3, 0.4) is 0 Å². The van der Waals surface area contributed by atoms with E-state index in [1.165, 1.54) is 25.3 Å². The van der Waals surface area contributed by atoms with Crippen molar-refractivity contribution in [1.29, 1.82) is 0 Å². The van der Waals surface area contributed by atoms with E-state index >= 15 is 0 Å². The molecule has 1 atom stereocenters. The number of rotatable bonds is 8. The number of aliphatic hydroxyl groups excluding tert-OH is 1. The molecule has 0 aliphatic heterocycles. The predicted molar refractivity (Wildman–Crippen MR) is 58.7 cm³/mol. The molecule has 0 aliphatic carbocycles. The van der Waals surface area contributed by atoms with Crippen LogP contribution in [0.1, 0.15) is 6.92 Å². The highest BCUT2D eigenvalue weighted by molar-refractivity contribution is 5.82. The van der Waals surface area contributed by atoms with Crippen LogP contribution in [0.2, 0.25) is 0 Å². The average Bonchev–Trinajstić information content (AvgIpc) is 2.25. The van der Waals surface area contributed by atoms with Crippen LogP contribution < -0.4 is 0 Å². The van der Waals surface area contributed by atoms with E-state index in [0.29, 0.717) is 6.61 Å². The van der Waals surface area contributed by atoms with Crippen LogP contribution in [-0.4, -0.2) is 44.3 Å². The molecule has 0 amide bonds. The number of hydrogen-bond acceptors (Lipinski definition) is 5. The fourth-order valence-corrected chi connectivity index (χ4v) is 0.825. The van der Waals surface area contributed by atoms with E-state index < -0.39 is 12.1 Å². The first-order valence-corrected chi connectivity index (χ1v) is 4.97. The molecule has 0 radical (unpaired) electrons. The second-order valence-electron chi connectivity index (χ2n) is 2.84. The van der Waals surface area contributed by atoms with Crippen LogP contribution in [0.15, 0.2) is 24.3 Å². The van der Waals surface area contributed by atoms with Gasteiger partial charge in [-0.1, -0.05) is 18.2 Å². The van der Waals surface area contributed by atoms with Crippen molar-refractivity contribution in [1.82, 2.24) is 0 Å². The Morgan fingerprint density at radius 1 is 1.44 bits per heavy atom. The molecule has 5 heteroatoms. The van der Waals surface area contributed by atoms with Crippen LogP contribution in [0, 0.1) is 0 Å². The molecule has 0 bridgehead atoms. The molecule has 0 fully saturated rings. The van der Waals surface area contributed by atoms with Gasteiger partial charge in [-0.15, -0.1) is 0 Å². The summed E-state index contributed by atoms with van der Waals surface area (Å²) in [6, 6.07) is 0. The largest absolute Gasteiger partial charge is 0.463 e. The molecule has 0 unspecified atom stereocenters. The van der Waals surface area contributed by atoms with Crippen molar-refractivity contribution < 1.29 is 24.1 Å². The normalized spacial score (nSPS) is 13.4. The monoisotopic (exact) mass is 230 g/mol. The zero-order valence-corrected chi connectivity index (χ0v) is 9.59. The molecule has 1 N–H and O–H groups in total. The van der Waals surface area contributed by atoms with Gasteiger partial charge in [-0.2, -0.15) is 0 Å². The first-order chi connectivity index (χ1) is 7.70. The summed E-state index contributed by atoms with van der Waals surface area (Å²) in [5.41, 5.74) is 0. The summed E-state index contributed by atoms with van der Waals surface area (Å²) in [5.74, 6) is -0.405. The van der Waals surface area contributed by atoms with Gasteiger partial charge in [-0.3, -0.25) is 0 Å². The molecule has 0 saturated carbocycles. The van der Waals surface area contributed by atoms with Gasteiger partial charge in [0.25, 0.3) is 0 Å². The van der Waals surface area contributed by atoms with E-state index in [2.05, 4.69) is 9.47 Å². The Labute approximate surface area is 95.3 Å². The second kappa shape index (κ2) is 10.4. The van der Waals surface area contributed by atoms with Gasteiger partial charge >= 0.3 is 5.97 Å². The minimum Gasteiger partial charge on any atom is -0.463 e. The number of methoxy groups -OCH3 is 1. The molecule has 92 valence electrons. The summed E-state index contributed by atoms with van der Waals surface area (Å²) < 4.78 is 14.2. The zero-order chi connectivity index (χ0) is 12.2. The molecular formula is C11H18O5. The van der Waals surface area contributed by atoms with Crippen molar-refractivity contribution in [2.75, 3.05) is 27.1 Å². The van der Waals surface area contributed by atoms with Crippen molar-refractivity contribution in [3.63, 3.8) is 0 Å². The number of esters is 1. The number of hydrogen-bond donors (Lipinski definition) is 1. The molecule has 16 heavy (non-hydrogen) atoms.